The molecule has 0 aliphatic carbocycles. The summed E-state index contributed by atoms with van der Waals surface area (Å²) < 4.78 is 2.23. The summed E-state index contributed by atoms with van der Waals surface area (Å²) in [6, 6.07) is 26.8. The second-order valence-corrected chi connectivity index (χ2v) is 11.4. The van der Waals surface area contributed by atoms with Crippen LogP contribution in [-0.4, -0.2) is 27.8 Å². The SMILES string of the molecule is C[C@H]1C[C@H](C)CN(c2ccc(N3C(=S)N[C@@H](c4ccccn4)[C@@H]3c3cccn3-c3ccccc3)cc2Cl)C1. The van der Waals surface area contributed by atoms with Gasteiger partial charge in [-0.05, 0) is 85.1 Å². The van der Waals surface area contributed by atoms with E-state index in [4.69, 9.17) is 28.8 Å². The van der Waals surface area contributed by atoms with E-state index in [1.165, 1.54) is 6.42 Å². The van der Waals surface area contributed by atoms with Crippen molar-refractivity contribution in [2.45, 2.75) is 32.4 Å². The van der Waals surface area contributed by atoms with Crippen LogP contribution in [0.5, 0.6) is 0 Å². The molecule has 0 spiro atoms. The molecule has 4 heterocycles. The molecule has 1 N–H and O–H groups in total. The van der Waals surface area contributed by atoms with E-state index in [-0.39, 0.29) is 12.1 Å². The number of halogens is 1. The quantitative estimate of drug-likeness (QED) is 0.271. The lowest BCUT2D eigenvalue weighted by molar-refractivity contribution is 0.357. The average Bonchev–Trinajstić information content (AvgIpc) is 3.53. The lowest BCUT2D eigenvalue weighted by atomic mass is 9.91. The molecule has 5 nitrogen and oxygen atoms in total. The Labute approximate surface area is 235 Å². The highest BCUT2D eigenvalue weighted by atomic mass is 35.5. The molecule has 0 saturated carbocycles. The fourth-order valence-corrected chi connectivity index (χ4v) is 6.79. The summed E-state index contributed by atoms with van der Waals surface area (Å²) in [5, 5.41) is 4.99. The van der Waals surface area contributed by atoms with Crippen molar-refractivity contribution in [3.8, 4) is 5.69 Å². The van der Waals surface area contributed by atoms with Gasteiger partial charge in [0, 0.05) is 42.6 Å². The topological polar surface area (TPSA) is 36.3 Å². The smallest absolute Gasteiger partial charge is 0.174 e. The first-order chi connectivity index (χ1) is 18.5. The van der Waals surface area contributed by atoms with Crippen LogP contribution in [0.25, 0.3) is 5.69 Å². The molecule has 2 aliphatic heterocycles. The number of thiocarbonyl (C=S) groups is 1. The molecule has 4 atom stereocenters. The summed E-state index contributed by atoms with van der Waals surface area (Å²) >= 11 is 13.0. The first kappa shape index (κ1) is 25.0. The highest BCUT2D eigenvalue weighted by Gasteiger charge is 2.42. The standard InChI is InChI=1S/C31H32ClN5S/c1-21-17-22(2)20-35(19-21)27-14-13-24(18-25(27)32)37-30(29(34-31(37)38)26-11-6-7-15-33-26)28-12-8-16-36(28)23-9-4-3-5-10-23/h3-16,18,21-22,29-30H,17,19-20H2,1-2H3,(H,34,38)/t21-,22-,29-,30-/m0/s1. The van der Waals surface area contributed by atoms with E-state index in [1.807, 2.05) is 24.4 Å². The first-order valence-electron chi connectivity index (χ1n) is 13.3. The fraction of sp³-hybridized carbons (Fsp3) is 0.290. The first-order valence-corrected chi connectivity index (χ1v) is 14.1. The number of benzene rings is 2. The third kappa shape index (κ3) is 4.67. The maximum atomic E-state index is 6.99. The largest absolute Gasteiger partial charge is 0.370 e. The van der Waals surface area contributed by atoms with Crippen LogP contribution < -0.4 is 15.1 Å². The predicted molar refractivity (Wildman–Crippen MR) is 160 cm³/mol. The number of pyridine rings is 1. The van der Waals surface area contributed by atoms with Crippen molar-refractivity contribution >= 4 is 40.3 Å². The van der Waals surface area contributed by atoms with Gasteiger partial charge in [-0.2, -0.15) is 0 Å². The Bertz CT molecular complexity index is 1410. The highest BCUT2D eigenvalue weighted by molar-refractivity contribution is 7.80. The van der Waals surface area contributed by atoms with Crippen molar-refractivity contribution in [3.63, 3.8) is 0 Å². The lowest BCUT2D eigenvalue weighted by Gasteiger charge is -2.37. The zero-order valence-corrected chi connectivity index (χ0v) is 23.2. The molecule has 0 bridgehead atoms. The number of para-hydroxylation sites is 1. The number of piperidine rings is 1. The number of hydrogen-bond donors (Lipinski definition) is 1. The second-order valence-electron chi connectivity index (χ2n) is 10.6. The zero-order valence-electron chi connectivity index (χ0n) is 21.7. The van der Waals surface area contributed by atoms with Crippen molar-refractivity contribution in [2.24, 2.45) is 11.8 Å². The van der Waals surface area contributed by atoms with Crippen molar-refractivity contribution in [1.82, 2.24) is 14.9 Å². The predicted octanol–water partition coefficient (Wildman–Crippen LogP) is 7.19. The molecule has 4 aromatic rings. The van der Waals surface area contributed by atoms with E-state index in [0.29, 0.717) is 16.9 Å². The van der Waals surface area contributed by atoms with Gasteiger partial charge in [0.2, 0.25) is 0 Å². The van der Waals surface area contributed by atoms with Crippen molar-refractivity contribution in [2.75, 3.05) is 22.9 Å². The molecule has 38 heavy (non-hydrogen) atoms. The molecule has 0 unspecified atom stereocenters. The zero-order chi connectivity index (χ0) is 26.2. The molecule has 7 heteroatoms. The van der Waals surface area contributed by atoms with E-state index in [0.717, 1.165) is 46.6 Å². The van der Waals surface area contributed by atoms with Crippen LogP contribution in [0.3, 0.4) is 0 Å². The van der Waals surface area contributed by atoms with Gasteiger partial charge in [-0.15, -0.1) is 0 Å². The number of aromatic nitrogens is 2. The number of anilines is 2. The minimum atomic E-state index is -0.122. The van der Waals surface area contributed by atoms with Crippen LogP contribution in [0.1, 0.15) is 43.7 Å². The lowest BCUT2D eigenvalue weighted by Crippen LogP contribution is -2.38. The Balaban J connectivity index is 1.42. The number of rotatable bonds is 5. The van der Waals surface area contributed by atoms with Gasteiger partial charge in [-0.1, -0.05) is 49.7 Å². The van der Waals surface area contributed by atoms with Gasteiger partial charge >= 0.3 is 0 Å². The van der Waals surface area contributed by atoms with Gasteiger partial charge in [0.05, 0.1) is 22.4 Å². The van der Waals surface area contributed by atoms with E-state index >= 15 is 0 Å². The maximum absolute atomic E-state index is 6.99. The summed E-state index contributed by atoms with van der Waals surface area (Å²) in [7, 11) is 0. The molecule has 6 rings (SSSR count). The van der Waals surface area contributed by atoms with Crippen molar-refractivity contribution in [1.29, 1.82) is 0 Å². The molecule has 0 radical (unpaired) electrons. The van der Waals surface area contributed by atoms with E-state index in [2.05, 4.69) is 100 Å². The Kier molecular flexibility index (Phi) is 6.85. The highest BCUT2D eigenvalue weighted by Crippen LogP contribution is 2.44. The number of nitrogens with one attached hydrogen (secondary N) is 1. The van der Waals surface area contributed by atoms with Gasteiger partial charge < -0.3 is 19.7 Å². The molecule has 2 aromatic carbocycles. The molecule has 2 aliphatic rings. The van der Waals surface area contributed by atoms with E-state index in [9.17, 15) is 0 Å². The van der Waals surface area contributed by atoms with Gasteiger partial charge in [0.25, 0.3) is 0 Å². The summed E-state index contributed by atoms with van der Waals surface area (Å²) in [5.74, 6) is 1.30. The summed E-state index contributed by atoms with van der Waals surface area (Å²) in [6.07, 6.45) is 5.20. The Hall–Kier alpha value is -3.35. The van der Waals surface area contributed by atoms with E-state index in [1.54, 1.807) is 0 Å². The van der Waals surface area contributed by atoms with Gasteiger partial charge in [0.15, 0.2) is 5.11 Å². The van der Waals surface area contributed by atoms with E-state index < -0.39 is 0 Å². The van der Waals surface area contributed by atoms with Gasteiger partial charge in [-0.3, -0.25) is 4.98 Å². The summed E-state index contributed by atoms with van der Waals surface area (Å²) in [5.41, 5.74) is 5.24. The van der Waals surface area contributed by atoms with Crippen molar-refractivity contribution in [3.05, 3.63) is 108 Å². The van der Waals surface area contributed by atoms with Crippen LogP contribution >= 0.6 is 23.8 Å². The second kappa shape index (κ2) is 10.4. The summed E-state index contributed by atoms with van der Waals surface area (Å²) in [6.45, 7) is 6.71. The number of hydrogen-bond acceptors (Lipinski definition) is 3. The minimum Gasteiger partial charge on any atom is -0.370 e. The van der Waals surface area contributed by atoms with Crippen LogP contribution in [0, 0.1) is 11.8 Å². The molecule has 2 fully saturated rings. The Morgan fingerprint density at radius 1 is 0.895 bits per heavy atom. The molecule has 0 amide bonds. The van der Waals surface area contributed by atoms with Crippen LogP contribution in [0.4, 0.5) is 11.4 Å². The third-order valence-corrected chi connectivity index (χ3v) is 8.25. The van der Waals surface area contributed by atoms with Crippen LogP contribution in [0.2, 0.25) is 5.02 Å². The third-order valence-electron chi connectivity index (χ3n) is 7.63. The summed E-state index contributed by atoms with van der Waals surface area (Å²) in [4.78, 5) is 9.33. The normalized spacial score (nSPS) is 23.5. The molecule has 2 aromatic heterocycles. The molecule has 194 valence electrons. The van der Waals surface area contributed by atoms with Crippen LogP contribution in [-0.2, 0) is 0 Å². The molecule has 2 saturated heterocycles. The monoisotopic (exact) mass is 541 g/mol. The number of nitrogens with zero attached hydrogens (tertiary/aromatic N) is 4. The fourth-order valence-electron chi connectivity index (χ4n) is 6.15. The van der Waals surface area contributed by atoms with Crippen LogP contribution in [0.15, 0.2) is 91.3 Å². The molecular weight excluding hydrogens is 510 g/mol. The van der Waals surface area contributed by atoms with Gasteiger partial charge in [-0.25, -0.2) is 0 Å². The minimum absolute atomic E-state index is 0.121. The Morgan fingerprint density at radius 3 is 2.37 bits per heavy atom. The molecular formula is C31H32ClN5S. The van der Waals surface area contributed by atoms with Gasteiger partial charge in [0.1, 0.15) is 6.04 Å². The van der Waals surface area contributed by atoms with Crippen molar-refractivity contribution < 1.29 is 0 Å². The maximum Gasteiger partial charge on any atom is 0.174 e. The Morgan fingerprint density at radius 2 is 1.66 bits per heavy atom. The average molecular weight is 542 g/mol.